The molecule has 128 valence electrons. The van der Waals surface area contributed by atoms with Crippen LogP contribution in [0.15, 0.2) is 41.3 Å². The Morgan fingerprint density at radius 1 is 0.917 bits per heavy atom. The van der Waals surface area contributed by atoms with Crippen LogP contribution in [-0.2, 0) is 22.9 Å². The smallest absolute Gasteiger partial charge is 0.264 e. The van der Waals surface area contributed by atoms with Gasteiger partial charge >= 0.3 is 0 Å². The molecule has 0 unspecified atom stereocenters. The summed E-state index contributed by atoms with van der Waals surface area (Å²) in [7, 11) is 0.993. The van der Waals surface area contributed by atoms with E-state index in [1.165, 1.54) is 17.0 Å². The second-order valence-corrected chi connectivity index (χ2v) is 7.77. The lowest BCUT2D eigenvalue weighted by molar-refractivity contribution is 0.355. The molecule has 0 amide bonds. The van der Waals surface area contributed by atoms with Gasteiger partial charge in [0.25, 0.3) is 10.0 Å². The van der Waals surface area contributed by atoms with Gasteiger partial charge < -0.3 is 9.47 Å². The molecule has 0 N–H and O–H groups in total. The number of rotatable bonds is 5. The first-order chi connectivity index (χ1) is 11.5. The zero-order valence-electron chi connectivity index (χ0n) is 14.1. The van der Waals surface area contributed by atoms with E-state index in [1.54, 1.807) is 44.5 Å². The summed E-state index contributed by atoms with van der Waals surface area (Å²) >= 11 is 0. The number of sulfonamides is 1. The van der Waals surface area contributed by atoms with E-state index in [2.05, 4.69) is 0 Å². The van der Waals surface area contributed by atoms with Crippen LogP contribution in [0.2, 0.25) is 0 Å². The van der Waals surface area contributed by atoms with Crippen molar-refractivity contribution in [2.75, 3.05) is 25.6 Å². The van der Waals surface area contributed by atoms with Crippen LogP contribution in [0.4, 0.5) is 5.69 Å². The predicted molar refractivity (Wildman–Crippen MR) is 93.6 cm³/mol. The Labute approximate surface area is 142 Å². The number of hydrogen-bond donors (Lipinski definition) is 0. The molecular formula is C18H21NO4S. The highest BCUT2D eigenvalue weighted by Gasteiger charge is 2.24. The second-order valence-electron chi connectivity index (χ2n) is 5.80. The largest absolute Gasteiger partial charge is 0.493 e. The minimum Gasteiger partial charge on any atom is -0.493 e. The molecular weight excluding hydrogens is 326 g/mol. The number of nitrogens with zero attached hydrogens (tertiary/aromatic N) is 1. The molecule has 2 aromatic rings. The third-order valence-electron chi connectivity index (χ3n) is 4.46. The fraction of sp³-hybridized carbons (Fsp3) is 0.333. The van der Waals surface area contributed by atoms with E-state index in [9.17, 15) is 8.42 Å². The fourth-order valence-corrected chi connectivity index (χ4v) is 4.26. The third kappa shape index (κ3) is 2.82. The molecule has 0 spiro atoms. The Balaban J connectivity index is 1.97. The molecule has 0 radical (unpaired) electrons. The Bertz CT molecular complexity index is 861. The molecule has 0 bridgehead atoms. The van der Waals surface area contributed by atoms with Gasteiger partial charge in [-0.05, 0) is 54.7 Å². The zero-order chi connectivity index (χ0) is 17.3. The maximum atomic E-state index is 12.9. The van der Waals surface area contributed by atoms with E-state index in [1.807, 2.05) is 6.07 Å². The molecule has 0 aromatic heterocycles. The van der Waals surface area contributed by atoms with Crippen LogP contribution in [0.25, 0.3) is 0 Å². The van der Waals surface area contributed by atoms with Crippen LogP contribution < -0.4 is 13.8 Å². The highest BCUT2D eigenvalue weighted by Crippen LogP contribution is 2.33. The number of anilines is 1. The normalized spacial score (nSPS) is 13.5. The van der Waals surface area contributed by atoms with Crippen molar-refractivity contribution in [1.82, 2.24) is 0 Å². The average Bonchev–Trinajstić information content (AvgIpc) is 3.08. The maximum Gasteiger partial charge on any atom is 0.264 e. The first kappa shape index (κ1) is 16.6. The van der Waals surface area contributed by atoms with E-state index >= 15 is 0 Å². The van der Waals surface area contributed by atoms with Crippen LogP contribution in [0, 0.1) is 0 Å². The average molecular weight is 347 g/mol. The van der Waals surface area contributed by atoms with Crippen LogP contribution in [0.5, 0.6) is 11.5 Å². The molecule has 0 fully saturated rings. The lowest BCUT2D eigenvalue weighted by Crippen LogP contribution is -2.26. The minimum absolute atomic E-state index is 0.320. The van der Waals surface area contributed by atoms with Crippen molar-refractivity contribution in [1.29, 1.82) is 0 Å². The van der Waals surface area contributed by atoms with E-state index in [0.717, 1.165) is 24.8 Å². The highest BCUT2D eigenvalue weighted by molar-refractivity contribution is 7.92. The van der Waals surface area contributed by atoms with Gasteiger partial charge in [0.05, 0.1) is 24.8 Å². The predicted octanol–water partition coefficient (Wildman–Crippen LogP) is 3.02. The van der Waals surface area contributed by atoms with Gasteiger partial charge in [0.1, 0.15) is 0 Å². The summed E-state index contributed by atoms with van der Waals surface area (Å²) in [5, 5.41) is 0. The molecule has 5 nitrogen and oxygen atoms in total. The second kappa shape index (κ2) is 6.36. The van der Waals surface area contributed by atoms with Gasteiger partial charge in [0, 0.05) is 13.1 Å². The topological polar surface area (TPSA) is 55.8 Å². The standard InChI is InChI=1S/C18H21NO4S/c1-19(15-8-10-17(22-2)18(12-15)23-3)24(20,21)16-9-7-13-5-4-6-14(13)11-16/h7-12H,4-6H2,1-3H3. The Morgan fingerprint density at radius 3 is 2.33 bits per heavy atom. The van der Waals surface area contributed by atoms with Gasteiger partial charge in [-0.2, -0.15) is 0 Å². The summed E-state index contributed by atoms with van der Waals surface area (Å²) in [5.41, 5.74) is 2.91. The molecule has 0 saturated heterocycles. The molecule has 6 heteroatoms. The van der Waals surface area contributed by atoms with Crippen molar-refractivity contribution in [3.8, 4) is 11.5 Å². The van der Waals surface area contributed by atoms with E-state index in [-0.39, 0.29) is 0 Å². The van der Waals surface area contributed by atoms with Crippen molar-refractivity contribution >= 4 is 15.7 Å². The molecule has 0 saturated carbocycles. The van der Waals surface area contributed by atoms with Gasteiger partial charge in [-0.3, -0.25) is 4.31 Å². The molecule has 1 aliphatic rings. The van der Waals surface area contributed by atoms with Crippen LogP contribution >= 0.6 is 0 Å². The van der Waals surface area contributed by atoms with E-state index < -0.39 is 10.0 Å². The minimum atomic E-state index is -3.62. The van der Waals surface area contributed by atoms with Gasteiger partial charge in [-0.1, -0.05) is 6.07 Å². The van der Waals surface area contributed by atoms with E-state index in [0.29, 0.717) is 22.1 Å². The van der Waals surface area contributed by atoms with Crippen LogP contribution in [-0.4, -0.2) is 29.7 Å². The number of methoxy groups -OCH3 is 2. The quantitative estimate of drug-likeness (QED) is 0.834. The Morgan fingerprint density at radius 2 is 1.62 bits per heavy atom. The molecule has 0 atom stereocenters. The van der Waals surface area contributed by atoms with Crippen LogP contribution in [0.3, 0.4) is 0 Å². The summed E-state index contributed by atoms with van der Waals surface area (Å²) in [6.07, 6.45) is 3.06. The first-order valence-electron chi connectivity index (χ1n) is 7.80. The summed E-state index contributed by atoms with van der Waals surface area (Å²) in [6, 6.07) is 10.5. The first-order valence-corrected chi connectivity index (χ1v) is 9.24. The summed E-state index contributed by atoms with van der Waals surface area (Å²) in [4.78, 5) is 0.320. The van der Waals surface area contributed by atoms with Crippen molar-refractivity contribution < 1.29 is 17.9 Å². The van der Waals surface area contributed by atoms with Crippen LogP contribution in [0.1, 0.15) is 17.5 Å². The highest BCUT2D eigenvalue weighted by atomic mass is 32.2. The van der Waals surface area contributed by atoms with Gasteiger partial charge in [-0.15, -0.1) is 0 Å². The van der Waals surface area contributed by atoms with Gasteiger partial charge in [-0.25, -0.2) is 8.42 Å². The molecule has 0 heterocycles. The molecule has 3 rings (SSSR count). The molecule has 0 aliphatic heterocycles. The maximum absolute atomic E-state index is 12.9. The Kier molecular flexibility index (Phi) is 4.41. The van der Waals surface area contributed by atoms with E-state index in [4.69, 9.17) is 9.47 Å². The number of hydrogen-bond acceptors (Lipinski definition) is 4. The number of ether oxygens (including phenoxy) is 2. The third-order valence-corrected chi connectivity index (χ3v) is 6.24. The molecule has 2 aromatic carbocycles. The summed E-state index contributed by atoms with van der Waals surface area (Å²) in [6.45, 7) is 0. The lowest BCUT2D eigenvalue weighted by Gasteiger charge is -2.21. The number of aryl methyl sites for hydroxylation is 2. The number of fused-ring (bicyclic) bond motifs is 1. The van der Waals surface area contributed by atoms with Crippen molar-refractivity contribution in [3.63, 3.8) is 0 Å². The fourth-order valence-electron chi connectivity index (χ4n) is 3.03. The summed E-state index contributed by atoms with van der Waals surface area (Å²) < 4.78 is 37.6. The monoisotopic (exact) mass is 347 g/mol. The SMILES string of the molecule is COc1ccc(N(C)S(=O)(=O)c2ccc3c(c2)CCC3)cc1OC. The van der Waals surface area contributed by atoms with Gasteiger partial charge in [0.2, 0.25) is 0 Å². The summed E-state index contributed by atoms with van der Waals surface area (Å²) in [5.74, 6) is 1.05. The van der Waals surface area contributed by atoms with Crippen molar-refractivity contribution in [3.05, 3.63) is 47.5 Å². The van der Waals surface area contributed by atoms with Gasteiger partial charge in [0.15, 0.2) is 11.5 Å². The Hall–Kier alpha value is -2.21. The zero-order valence-corrected chi connectivity index (χ0v) is 14.9. The van der Waals surface area contributed by atoms with Crippen molar-refractivity contribution in [2.45, 2.75) is 24.2 Å². The lowest BCUT2D eigenvalue weighted by atomic mass is 10.1. The number of benzene rings is 2. The molecule has 24 heavy (non-hydrogen) atoms. The van der Waals surface area contributed by atoms with Crippen molar-refractivity contribution in [2.24, 2.45) is 0 Å². The molecule has 1 aliphatic carbocycles.